The van der Waals surface area contributed by atoms with Crippen molar-refractivity contribution in [3.8, 4) is 0 Å². The number of rotatable bonds is 4. The molecular weight excluding hydrogens is 352 g/mol. The van der Waals surface area contributed by atoms with Crippen molar-refractivity contribution >= 4 is 23.2 Å². The second-order valence-electron chi connectivity index (χ2n) is 5.90. The quantitative estimate of drug-likeness (QED) is 0.748. The molecule has 0 aromatic carbocycles. The standard InChI is InChI=1S/C17H16N6O2S/c24-16(18-9-14-2-1-7-26-14)15-11-22(10-13-4-6-21-23(13)15)17(25)12-3-5-19-20-8-12/h1-8,15H,9-11H2,(H,18,24)/t15-/m0/s1. The van der Waals surface area contributed by atoms with Gasteiger partial charge in [0.1, 0.15) is 6.04 Å². The van der Waals surface area contributed by atoms with Crippen molar-refractivity contribution in [2.75, 3.05) is 6.54 Å². The first-order valence-corrected chi connectivity index (χ1v) is 8.99. The smallest absolute Gasteiger partial charge is 0.255 e. The molecule has 4 rings (SSSR count). The summed E-state index contributed by atoms with van der Waals surface area (Å²) in [6.45, 7) is 1.12. The maximum atomic E-state index is 12.7. The number of carbonyl (C=O) groups is 2. The molecule has 0 radical (unpaired) electrons. The van der Waals surface area contributed by atoms with E-state index >= 15 is 0 Å². The highest BCUT2D eigenvalue weighted by Gasteiger charge is 2.33. The zero-order valence-corrected chi connectivity index (χ0v) is 14.6. The highest BCUT2D eigenvalue weighted by molar-refractivity contribution is 7.09. The molecule has 1 aliphatic heterocycles. The van der Waals surface area contributed by atoms with Crippen molar-refractivity contribution in [2.45, 2.75) is 19.1 Å². The molecule has 0 saturated carbocycles. The van der Waals surface area contributed by atoms with Gasteiger partial charge in [-0.3, -0.25) is 14.3 Å². The SMILES string of the molecule is O=C(NCc1cccs1)[C@@H]1CN(C(=O)c2ccnnc2)Cc2ccnn21. The molecule has 0 spiro atoms. The lowest BCUT2D eigenvalue weighted by Crippen LogP contribution is -2.47. The van der Waals surface area contributed by atoms with Crippen LogP contribution in [0.5, 0.6) is 0 Å². The van der Waals surface area contributed by atoms with Crippen LogP contribution in [-0.4, -0.2) is 43.2 Å². The molecule has 0 unspecified atom stereocenters. The van der Waals surface area contributed by atoms with Crippen molar-refractivity contribution in [1.29, 1.82) is 0 Å². The molecule has 0 aliphatic carbocycles. The number of amides is 2. The minimum Gasteiger partial charge on any atom is -0.349 e. The Morgan fingerprint density at radius 1 is 1.23 bits per heavy atom. The van der Waals surface area contributed by atoms with Gasteiger partial charge in [-0.15, -0.1) is 11.3 Å². The molecule has 132 valence electrons. The molecule has 8 nitrogen and oxygen atoms in total. The molecule has 1 N–H and O–H groups in total. The Morgan fingerprint density at radius 2 is 2.15 bits per heavy atom. The van der Waals surface area contributed by atoms with Crippen LogP contribution in [-0.2, 0) is 17.9 Å². The number of thiophene rings is 1. The summed E-state index contributed by atoms with van der Waals surface area (Å²) in [5, 5.41) is 16.6. The molecule has 0 fully saturated rings. The van der Waals surface area contributed by atoms with E-state index < -0.39 is 6.04 Å². The Balaban J connectivity index is 1.53. The fourth-order valence-electron chi connectivity index (χ4n) is 2.95. The molecule has 4 heterocycles. The first kappa shape index (κ1) is 16.4. The fraction of sp³-hybridized carbons (Fsp3) is 0.235. The van der Waals surface area contributed by atoms with E-state index in [1.165, 1.54) is 12.4 Å². The van der Waals surface area contributed by atoms with Crippen molar-refractivity contribution in [3.63, 3.8) is 0 Å². The molecule has 2 amide bonds. The van der Waals surface area contributed by atoms with E-state index in [1.54, 1.807) is 33.2 Å². The van der Waals surface area contributed by atoms with Crippen LogP contribution in [0.2, 0.25) is 0 Å². The van der Waals surface area contributed by atoms with Gasteiger partial charge in [-0.25, -0.2) is 0 Å². The summed E-state index contributed by atoms with van der Waals surface area (Å²) in [4.78, 5) is 28.2. The highest BCUT2D eigenvalue weighted by atomic mass is 32.1. The van der Waals surface area contributed by atoms with E-state index in [1.807, 2.05) is 23.6 Å². The summed E-state index contributed by atoms with van der Waals surface area (Å²) in [5.41, 5.74) is 1.27. The molecule has 3 aromatic heterocycles. The van der Waals surface area contributed by atoms with Crippen molar-refractivity contribution < 1.29 is 9.59 Å². The number of hydrogen-bond donors (Lipinski definition) is 1. The summed E-state index contributed by atoms with van der Waals surface area (Å²) in [6.07, 6.45) is 4.56. The Labute approximate surface area is 153 Å². The van der Waals surface area contributed by atoms with E-state index in [0.717, 1.165) is 10.6 Å². The number of hydrogen-bond acceptors (Lipinski definition) is 6. The summed E-state index contributed by atoms with van der Waals surface area (Å²) < 4.78 is 1.69. The lowest BCUT2D eigenvalue weighted by atomic mass is 10.1. The normalized spacial score (nSPS) is 16.2. The third kappa shape index (κ3) is 3.21. The van der Waals surface area contributed by atoms with E-state index in [9.17, 15) is 9.59 Å². The summed E-state index contributed by atoms with van der Waals surface area (Å²) in [6, 6.07) is 6.79. The average molecular weight is 368 g/mol. The van der Waals surface area contributed by atoms with E-state index in [0.29, 0.717) is 18.7 Å². The minimum atomic E-state index is -0.563. The predicted molar refractivity (Wildman–Crippen MR) is 94.2 cm³/mol. The summed E-state index contributed by atoms with van der Waals surface area (Å²) in [7, 11) is 0. The molecular formula is C17H16N6O2S. The van der Waals surface area contributed by atoms with Gasteiger partial charge in [0.25, 0.3) is 5.91 Å². The van der Waals surface area contributed by atoms with Crippen LogP contribution < -0.4 is 5.32 Å². The number of fused-ring (bicyclic) bond motifs is 1. The lowest BCUT2D eigenvalue weighted by Gasteiger charge is -2.33. The topological polar surface area (TPSA) is 93.0 Å². The van der Waals surface area contributed by atoms with Gasteiger partial charge >= 0.3 is 0 Å². The molecule has 9 heteroatoms. The largest absolute Gasteiger partial charge is 0.349 e. The maximum Gasteiger partial charge on any atom is 0.255 e. The maximum absolute atomic E-state index is 12.7. The molecule has 0 saturated heterocycles. The van der Waals surface area contributed by atoms with Crippen LogP contribution in [0.15, 0.2) is 48.2 Å². The van der Waals surface area contributed by atoms with Gasteiger partial charge in [0, 0.05) is 11.1 Å². The number of nitrogens with one attached hydrogen (secondary N) is 1. The van der Waals surface area contributed by atoms with Crippen LogP contribution in [0, 0.1) is 0 Å². The molecule has 26 heavy (non-hydrogen) atoms. The monoisotopic (exact) mass is 368 g/mol. The number of aromatic nitrogens is 4. The third-order valence-electron chi connectivity index (χ3n) is 4.23. The van der Waals surface area contributed by atoms with Gasteiger partial charge in [0.2, 0.25) is 5.91 Å². The molecule has 1 atom stereocenters. The van der Waals surface area contributed by atoms with E-state index in [2.05, 4.69) is 20.6 Å². The summed E-state index contributed by atoms with van der Waals surface area (Å²) >= 11 is 1.59. The second-order valence-corrected chi connectivity index (χ2v) is 6.93. The Morgan fingerprint density at radius 3 is 2.92 bits per heavy atom. The van der Waals surface area contributed by atoms with Gasteiger partial charge in [0.15, 0.2) is 0 Å². The van der Waals surface area contributed by atoms with Gasteiger partial charge < -0.3 is 10.2 Å². The predicted octanol–water partition coefficient (Wildman–Crippen LogP) is 1.25. The van der Waals surface area contributed by atoms with E-state index in [4.69, 9.17) is 0 Å². The van der Waals surface area contributed by atoms with Crippen LogP contribution in [0.25, 0.3) is 0 Å². The summed E-state index contributed by atoms with van der Waals surface area (Å²) in [5.74, 6) is -0.336. The van der Waals surface area contributed by atoms with Gasteiger partial charge in [-0.05, 0) is 23.6 Å². The number of carbonyl (C=O) groups excluding carboxylic acids is 2. The Hall–Kier alpha value is -3.07. The van der Waals surface area contributed by atoms with Crippen LogP contribution >= 0.6 is 11.3 Å². The van der Waals surface area contributed by atoms with Gasteiger partial charge in [0.05, 0.1) is 43.3 Å². The first-order chi connectivity index (χ1) is 12.7. The fourth-order valence-corrected chi connectivity index (χ4v) is 3.59. The van der Waals surface area contributed by atoms with Crippen LogP contribution in [0.3, 0.4) is 0 Å². The molecule has 0 bridgehead atoms. The van der Waals surface area contributed by atoms with Crippen molar-refractivity contribution in [1.82, 2.24) is 30.2 Å². The molecule has 3 aromatic rings. The Kier molecular flexibility index (Phi) is 4.44. The van der Waals surface area contributed by atoms with Crippen molar-refractivity contribution in [3.05, 3.63) is 64.4 Å². The molecule has 1 aliphatic rings. The first-order valence-electron chi connectivity index (χ1n) is 8.11. The van der Waals surface area contributed by atoms with Gasteiger partial charge in [-0.2, -0.15) is 15.3 Å². The number of nitrogens with zero attached hydrogens (tertiary/aromatic N) is 5. The highest BCUT2D eigenvalue weighted by Crippen LogP contribution is 2.22. The Bertz CT molecular complexity index is 909. The van der Waals surface area contributed by atoms with Crippen LogP contribution in [0.1, 0.15) is 27.0 Å². The van der Waals surface area contributed by atoms with Gasteiger partial charge in [-0.1, -0.05) is 6.07 Å². The zero-order chi connectivity index (χ0) is 17.9. The second kappa shape index (κ2) is 7.04. The lowest BCUT2D eigenvalue weighted by molar-refractivity contribution is -0.125. The minimum absolute atomic E-state index is 0.159. The third-order valence-corrected chi connectivity index (χ3v) is 5.11. The van der Waals surface area contributed by atoms with Crippen LogP contribution in [0.4, 0.5) is 0 Å². The van der Waals surface area contributed by atoms with Crippen molar-refractivity contribution in [2.24, 2.45) is 0 Å². The zero-order valence-electron chi connectivity index (χ0n) is 13.8. The average Bonchev–Trinajstić information content (AvgIpc) is 3.36. The van der Waals surface area contributed by atoms with E-state index in [-0.39, 0.29) is 18.4 Å².